The Morgan fingerprint density at radius 3 is 2.20 bits per heavy atom. The number of fused-ring (bicyclic) bond motifs is 1. The molecular weight excluding hydrogens is 434 g/mol. The smallest absolute Gasteiger partial charge is 0.347 e. The van der Waals surface area contributed by atoms with Crippen LogP contribution in [0.2, 0.25) is 0 Å². The second kappa shape index (κ2) is 10.2. The number of aromatic nitrogens is 1. The van der Waals surface area contributed by atoms with Gasteiger partial charge in [0, 0.05) is 23.9 Å². The molecule has 0 saturated heterocycles. The van der Waals surface area contributed by atoms with Crippen LogP contribution >= 0.6 is 0 Å². The first kappa shape index (κ1) is 23.0. The number of carbonyl (C=O) groups excluding carboxylic acids is 1. The lowest BCUT2D eigenvalue weighted by Crippen LogP contribution is -2.31. The van der Waals surface area contributed by atoms with Crippen molar-refractivity contribution >= 4 is 5.97 Å². The van der Waals surface area contributed by atoms with Crippen molar-refractivity contribution in [1.29, 1.82) is 0 Å². The summed E-state index contributed by atoms with van der Waals surface area (Å²) in [6.07, 6.45) is 1.89. The summed E-state index contributed by atoms with van der Waals surface area (Å²) >= 11 is 0. The van der Waals surface area contributed by atoms with Gasteiger partial charge >= 0.3 is 5.97 Å². The Kier molecular flexibility index (Phi) is 6.71. The van der Waals surface area contributed by atoms with Gasteiger partial charge < -0.3 is 14.0 Å². The summed E-state index contributed by atoms with van der Waals surface area (Å²) in [6, 6.07) is 31.5. The SMILES string of the molecule is CCOC(=O)[C@@H](Cc1ccccc1)Oc1ccc(-c2ccc(C)n2C2Cc3ccccc3C2)cc1. The van der Waals surface area contributed by atoms with Crippen molar-refractivity contribution in [3.63, 3.8) is 0 Å². The molecule has 1 aromatic heterocycles. The van der Waals surface area contributed by atoms with Gasteiger partial charge in [0.2, 0.25) is 0 Å². The minimum atomic E-state index is -0.689. The van der Waals surface area contributed by atoms with Gasteiger partial charge in [0.1, 0.15) is 5.75 Å². The Hall–Kier alpha value is -3.79. The van der Waals surface area contributed by atoms with Crippen molar-refractivity contribution < 1.29 is 14.3 Å². The molecule has 4 heteroatoms. The summed E-state index contributed by atoms with van der Waals surface area (Å²) in [4.78, 5) is 12.6. The van der Waals surface area contributed by atoms with Crippen molar-refractivity contribution in [3.05, 3.63) is 113 Å². The lowest BCUT2D eigenvalue weighted by Gasteiger charge is -2.20. The van der Waals surface area contributed by atoms with Gasteiger partial charge in [0.15, 0.2) is 6.10 Å². The van der Waals surface area contributed by atoms with Gasteiger partial charge in [-0.3, -0.25) is 0 Å². The quantitative estimate of drug-likeness (QED) is 0.285. The molecule has 1 atom stereocenters. The van der Waals surface area contributed by atoms with Crippen LogP contribution in [-0.2, 0) is 28.8 Å². The second-order valence-electron chi connectivity index (χ2n) is 9.13. The fraction of sp³-hybridized carbons (Fsp3) is 0.258. The molecule has 178 valence electrons. The number of carbonyl (C=O) groups is 1. The van der Waals surface area contributed by atoms with Crippen LogP contribution < -0.4 is 4.74 Å². The van der Waals surface area contributed by atoms with E-state index in [0.29, 0.717) is 24.8 Å². The maximum Gasteiger partial charge on any atom is 0.347 e. The molecule has 4 aromatic rings. The molecule has 1 heterocycles. The van der Waals surface area contributed by atoms with Gasteiger partial charge in [-0.05, 0) is 85.3 Å². The Bertz CT molecular complexity index is 1270. The van der Waals surface area contributed by atoms with Crippen LogP contribution in [0.5, 0.6) is 5.75 Å². The van der Waals surface area contributed by atoms with E-state index in [9.17, 15) is 4.79 Å². The highest BCUT2D eigenvalue weighted by Gasteiger charge is 2.26. The summed E-state index contributed by atoms with van der Waals surface area (Å²) < 4.78 is 13.9. The molecular formula is C31H31NO3. The first-order valence-corrected chi connectivity index (χ1v) is 12.3. The zero-order valence-corrected chi connectivity index (χ0v) is 20.3. The number of hydrogen-bond acceptors (Lipinski definition) is 3. The van der Waals surface area contributed by atoms with Crippen molar-refractivity contribution in [1.82, 2.24) is 4.57 Å². The summed E-state index contributed by atoms with van der Waals surface area (Å²) in [7, 11) is 0. The molecule has 5 rings (SSSR count). The molecule has 0 unspecified atom stereocenters. The lowest BCUT2D eigenvalue weighted by molar-refractivity contribution is -0.151. The maximum absolute atomic E-state index is 12.6. The van der Waals surface area contributed by atoms with E-state index >= 15 is 0 Å². The first-order valence-electron chi connectivity index (χ1n) is 12.3. The molecule has 0 aliphatic heterocycles. The standard InChI is InChI=1S/C31H31NO3/c1-3-34-31(33)30(19-23-9-5-4-6-10-23)35-28-16-14-24(15-17-28)29-18-13-22(2)32(29)27-20-25-11-7-8-12-26(25)21-27/h4-18,27,30H,3,19-21H2,1-2H3/t30-/m1/s1. The van der Waals surface area contributed by atoms with E-state index in [2.05, 4.69) is 60.0 Å². The lowest BCUT2D eigenvalue weighted by atomic mass is 10.1. The highest BCUT2D eigenvalue weighted by molar-refractivity contribution is 5.75. The van der Waals surface area contributed by atoms with E-state index < -0.39 is 6.10 Å². The first-order chi connectivity index (χ1) is 17.1. The molecule has 3 aromatic carbocycles. The van der Waals surface area contributed by atoms with Crippen LogP contribution in [0.4, 0.5) is 0 Å². The molecule has 0 spiro atoms. The molecule has 0 fully saturated rings. The van der Waals surface area contributed by atoms with Gasteiger partial charge in [-0.1, -0.05) is 54.6 Å². The van der Waals surface area contributed by atoms with Crippen LogP contribution in [0, 0.1) is 6.92 Å². The van der Waals surface area contributed by atoms with Crippen LogP contribution in [0.25, 0.3) is 11.3 Å². The molecule has 1 aliphatic rings. The summed E-state index contributed by atoms with van der Waals surface area (Å²) in [5, 5.41) is 0. The molecule has 4 nitrogen and oxygen atoms in total. The second-order valence-corrected chi connectivity index (χ2v) is 9.13. The number of benzene rings is 3. The summed E-state index contributed by atoms with van der Waals surface area (Å²) in [6.45, 7) is 4.32. The predicted octanol–water partition coefficient (Wildman–Crippen LogP) is 6.36. The number of hydrogen-bond donors (Lipinski definition) is 0. The third-order valence-corrected chi connectivity index (χ3v) is 6.76. The topological polar surface area (TPSA) is 40.5 Å². The third kappa shape index (κ3) is 5.02. The van der Waals surface area contributed by atoms with E-state index in [0.717, 1.165) is 24.0 Å². The number of esters is 1. The molecule has 0 radical (unpaired) electrons. The van der Waals surface area contributed by atoms with Gasteiger partial charge in [-0.25, -0.2) is 4.79 Å². The number of nitrogens with zero attached hydrogens (tertiary/aromatic N) is 1. The largest absolute Gasteiger partial charge is 0.478 e. The van der Waals surface area contributed by atoms with E-state index in [4.69, 9.17) is 9.47 Å². The highest BCUT2D eigenvalue weighted by Crippen LogP contribution is 2.35. The third-order valence-electron chi connectivity index (χ3n) is 6.76. The number of aryl methyl sites for hydroxylation is 1. The average Bonchev–Trinajstić information content (AvgIpc) is 3.48. The Morgan fingerprint density at radius 2 is 1.54 bits per heavy atom. The van der Waals surface area contributed by atoms with Gasteiger partial charge in [-0.15, -0.1) is 0 Å². The maximum atomic E-state index is 12.6. The molecule has 1 aliphatic carbocycles. The number of rotatable bonds is 8. The minimum absolute atomic E-state index is 0.327. The van der Waals surface area contributed by atoms with Crippen LogP contribution in [0.1, 0.15) is 35.3 Å². The molecule has 0 N–H and O–H groups in total. The van der Waals surface area contributed by atoms with Crippen molar-refractivity contribution in [3.8, 4) is 17.0 Å². The Balaban J connectivity index is 1.35. The Morgan fingerprint density at radius 1 is 0.886 bits per heavy atom. The fourth-order valence-corrected chi connectivity index (χ4v) is 5.09. The van der Waals surface area contributed by atoms with Crippen LogP contribution in [0.15, 0.2) is 91.0 Å². The highest BCUT2D eigenvalue weighted by atomic mass is 16.6. The monoisotopic (exact) mass is 465 g/mol. The minimum Gasteiger partial charge on any atom is -0.478 e. The molecule has 0 bridgehead atoms. The van der Waals surface area contributed by atoms with Crippen molar-refractivity contribution in [2.24, 2.45) is 0 Å². The summed E-state index contributed by atoms with van der Waals surface area (Å²) in [5.41, 5.74) is 7.54. The van der Waals surface area contributed by atoms with Crippen molar-refractivity contribution in [2.75, 3.05) is 6.61 Å². The van der Waals surface area contributed by atoms with Gasteiger partial charge in [0.25, 0.3) is 0 Å². The van der Waals surface area contributed by atoms with E-state index in [1.165, 1.54) is 22.5 Å². The van der Waals surface area contributed by atoms with Crippen molar-refractivity contribution in [2.45, 2.75) is 45.3 Å². The number of ether oxygens (including phenoxy) is 2. The van der Waals surface area contributed by atoms with E-state index in [1.54, 1.807) is 0 Å². The van der Waals surface area contributed by atoms with Crippen LogP contribution in [-0.4, -0.2) is 23.2 Å². The zero-order chi connectivity index (χ0) is 24.2. The Labute approximate surface area is 207 Å². The van der Waals surface area contributed by atoms with Gasteiger partial charge in [-0.2, -0.15) is 0 Å². The molecule has 0 amide bonds. The fourth-order valence-electron chi connectivity index (χ4n) is 5.09. The predicted molar refractivity (Wildman–Crippen MR) is 139 cm³/mol. The van der Waals surface area contributed by atoms with E-state index in [-0.39, 0.29) is 5.97 Å². The normalized spacial score (nSPS) is 13.9. The molecule has 35 heavy (non-hydrogen) atoms. The van der Waals surface area contributed by atoms with Crippen LogP contribution in [0.3, 0.4) is 0 Å². The van der Waals surface area contributed by atoms with Gasteiger partial charge in [0.05, 0.1) is 6.61 Å². The zero-order valence-electron chi connectivity index (χ0n) is 20.3. The van der Waals surface area contributed by atoms with E-state index in [1.807, 2.05) is 49.4 Å². The average molecular weight is 466 g/mol. The molecule has 0 saturated carbocycles. The summed E-state index contributed by atoms with van der Waals surface area (Å²) in [5.74, 6) is 0.316.